The number of aromatic nitrogens is 3. The number of halogens is 2. The van der Waals surface area contributed by atoms with Crippen LogP contribution in [0.3, 0.4) is 0 Å². The number of hydrogen-bond donors (Lipinski definition) is 1. The fourth-order valence-electron chi connectivity index (χ4n) is 4.21. The summed E-state index contributed by atoms with van der Waals surface area (Å²) in [4.78, 5) is 3.93. The Bertz CT molecular complexity index is 863. The summed E-state index contributed by atoms with van der Waals surface area (Å²) >= 11 is 1.59. The van der Waals surface area contributed by atoms with Gasteiger partial charge in [0.25, 0.3) is 0 Å². The SMILES string of the molecule is CC(C)(SCCCCCCCOC1CCCCO1)C(O)(Cn1cncn1)c1ccc(F)cc1F. The Morgan fingerprint density at radius 1 is 1.18 bits per heavy atom. The van der Waals surface area contributed by atoms with Gasteiger partial charge < -0.3 is 14.6 Å². The molecular weight excluding hydrogens is 460 g/mol. The highest BCUT2D eigenvalue weighted by Gasteiger charge is 2.47. The van der Waals surface area contributed by atoms with Gasteiger partial charge in [-0.2, -0.15) is 16.9 Å². The van der Waals surface area contributed by atoms with Crippen molar-refractivity contribution in [2.75, 3.05) is 19.0 Å². The minimum absolute atomic E-state index is 0.0141. The van der Waals surface area contributed by atoms with Crippen molar-refractivity contribution in [3.8, 4) is 0 Å². The molecule has 0 radical (unpaired) electrons. The van der Waals surface area contributed by atoms with Gasteiger partial charge in [0.1, 0.15) is 29.9 Å². The maximum Gasteiger partial charge on any atom is 0.157 e. The third kappa shape index (κ3) is 7.47. The van der Waals surface area contributed by atoms with Gasteiger partial charge in [0, 0.05) is 29.6 Å². The molecule has 1 aromatic heterocycles. The van der Waals surface area contributed by atoms with Crippen LogP contribution in [0, 0.1) is 11.6 Å². The molecule has 0 aliphatic carbocycles. The molecule has 0 bridgehead atoms. The summed E-state index contributed by atoms with van der Waals surface area (Å²) in [6, 6.07) is 3.31. The molecule has 1 aliphatic heterocycles. The van der Waals surface area contributed by atoms with Gasteiger partial charge in [-0.25, -0.2) is 18.4 Å². The first-order valence-electron chi connectivity index (χ1n) is 12.2. The van der Waals surface area contributed by atoms with E-state index in [0.29, 0.717) is 0 Å². The van der Waals surface area contributed by atoms with Crippen LogP contribution in [0.5, 0.6) is 0 Å². The largest absolute Gasteiger partial charge is 0.382 e. The second kappa shape index (κ2) is 13.0. The van der Waals surface area contributed by atoms with E-state index in [0.717, 1.165) is 70.0 Å². The van der Waals surface area contributed by atoms with Crippen LogP contribution < -0.4 is 0 Å². The van der Waals surface area contributed by atoms with Crippen molar-refractivity contribution in [1.29, 1.82) is 0 Å². The van der Waals surface area contributed by atoms with E-state index in [2.05, 4.69) is 10.1 Å². The van der Waals surface area contributed by atoms with Crippen LogP contribution >= 0.6 is 11.8 Å². The summed E-state index contributed by atoms with van der Waals surface area (Å²) < 4.78 is 40.3. The number of unbranched alkanes of at least 4 members (excludes halogenated alkanes) is 4. The lowest BCUT2D eigenvalue weighted by Crippen LogP contribution is -2.49. The van der Waals surface area contributed by atoms with E-state index >= 15 is 0 Å². The monoisotopic (exact) mass is 497 g/mol. The number of ether oxygens (including phenoxy) is 2. The van der Waals surface area contributed by atoms with E-state index in [1.165, 1.54) is 35.9 Å². The van der Waals surface area contributed by atoms with Crippen molar-refractivity contribution in [2.24, 2.45) is 0 Å². The van der Waals surface area contributed by atoms with Gasteiger partial charge in [-0.1, -0.05) is 25.3 Å². The zero-order chi connectivity index (χ0) is 24.4. The second-order valence-corrected chi connectivity index (χ2v) is 11.1. The molecule has 3 rings (SSSR count). The average molecular weight is 498 g/mol. The second-order valence-electron chi connectivity index (χ2n) is 9.37. The van der Waals surface area contributed by atoms with Crippen molar-refractivity contribution < 1.29 is 23.4 Å². The number of thioether (sulfide) groups is 1. The number of hydrogen-bond acceptors (Lipinski definition) is 6. The Hall–Kier alpha value is -1.55. The van der Waals surface area contributed by atoms with E-state index in [-0.39, 0.29) is 18.4 Å². The third-order valence-electron chi connectivity index (χ3n) is 6.42. The molecule has 0 spiro atoms. The number of rotatable bonds is 14. The van der Waals surface area contributed by atoms with Gasteiger partial charge in [0.15, 0.2) is 6.29 Å². The smallest absolute Gasteiger partial charge is 0.157 e. The van der Waals surface area contributed by atoms with Crippen LogP contribution in [0.4, 0.5) is 8.78 Å². The predicted octanol–water partition coefficient (Wildman–Crippen LogP) is 5.45. The minimum Gasteiger partial charge on any atom is -0.382 e. The van der Waals surface area contributed by atoms with Gasteiger partial charge >= 0.3 is 0 Å². The fourth-order valence-corrected chi connectivity index (χ4v) is 5.48. The zero-order valence-electron chi connectivity index (χ0n) is 20.2. The Morgan fingerprint density at radius 3 is 2.68 bits per heavy atom. The summed E-state index contributed by atoms with van der Waals surface area (Å²) in [5, 5.41) is 15.8. The van der Waals surface area contributed by atoms with E-state index in [1.807, 2.05) is 13.8 Å². The molecule has 1 aliphatic rings. The standard InChI is InChI=1S/C25H37F2N3O3S/c1-24(2,34-15-9-5-3-4-7-13-32-23-10-6-8-14-33-23)25(31,17-30-19-28-18-29-30)21-12-11-20(26)16-22(21)27/h11-12,16,18-19,23,31H,3-10,13-15,17H2,1-2H3. The molecular formula is C25H37F2N3O3S. The normalized spacial score (nSPS) is 18.7. The maximum absolute atomic E-state index is 14.7. The van der Waals surface area contributed by atoms with Crippen molar-refractivity contribution >= 4 is 11.8 Å². The van der Waals surface area contributed by atoms with Gasteiger partial charge in [0.2, 0.25) is 0 Å². The highest BCUT2D eigenvalue weighted by atomic mass is 32.2. The predicted molar refractivity (Wildman–Crippen MR) is 129 cm³/mol. The summed E-state index contributed by atoms with van der Waals surface area (Å²) in [7, 11) is 0. The number of aliphatic hydroxyl groups is 1. The van der Waals surface area contributed by atoms with Crippen LogP contribution in [0.1, 0.15) is 70.8 Å². The molecule has 0 saturated carbocycles. The molecule has 0 amide bonds. The Labute approximate surface area is 205 Å². The Kier molecular flexibility index (Phi) is 10.3. The molecule has 1 saturated heterocycles. The lowest BCUT2D eigenvalue weighted by Gasteiger charge is -2.42. The molecule has 9 heteroatoms. The first-order valence-corrected chi connectivity index (χ1v) is 13.2. The molecule has 190 valence electrons. The van der Waals surface area contributed by atoms with E-state index < -0.39 is 22.0 Å². The van der Waals surface area contributed by atoms with Crippen LogP contribution in [0.15, 0.2) is 30.9 Å². The summed E-state index contributed by atoms with van der Waals surface area (Å²) in [6.45, 7) is 5.34. The van der Waals surface area contributed by atoms with Gasteiger partial charge in [-0.3, -0.25) is 0 Å². The molecule has 2 unspecified atom stereocenters. The average Bonchev–Trinajstić information content (AvgIpc) is 3.31. The van der Waals surface area contributed by atoms with E-state index in [1.54, 1.807) is 11.8 Å². The third-order valence-corrected chi connectivity index (χ3v) is 7.98. The van der Waals surface area contributed by atoms with E-state index in [4.69, 9.17) is 9.47 Å². The van der Waals surface area contributed by atoms with Gasteiger partial charge in [0.05, 0.1) is 6.54 Å². The van der Waals surface area contributed by atoms with E-state index in [9.17, 15) is 13.9 Å². The van der Waals surface area contributed by atoms with Crippen molar-refractivity contribution in [3.63, 3.8) is 0 Å². The molecule has 2 atom stereocenters. The molecule has 1 fully saturated rings. The van der Waals surface area contributed by atoms with Crippen LogP contribution in [-0.2, 0) is 21.6 Å². The Balaban J connectivity index is 1.46. The van der Waals surface area contributed by atoms with Crippen LogP contribution in [0.25, 0.3) is 0 Å². The van der Waals surface area contributed by atoms with Crippen LogP contribution in [0.2, 0.25) is 0 Å². The molecule has 2 aromatic rings. The van der Waals surface area contributed by atoms with Crippen molar-refractivity contribution in [1.82, 2.24) is 14.8 Å². The molecule has 1 N–H and O–H groups in total. The maximum atomic E-state index is 14.7. The van der Waals surface area contributed by atoms with Crippen molar-refractivity contribution in [2.45, 2.75) is 88.4 Å². The number of nitrogens with zero attached hydrogens (tertiary/aromatic N) is 3. The summed E-state index contributed by atoms with van der Waals surface area (Å²) in [5.41, 5.74) is -1.55. The van der Waals surface area contributed by atoms with Crippen molar-refractivity contribution in [3.05, 3.63) is 48.1 Å². The first kappa shape index (κ1) is 27.0. The highest BCUT2D eigenvalue weighted by Crippen LogP contribution is 2.45. The summed E-state index contributed by atoms with van der Waals surface area (Å²) in [6.07, 6.45) is 11.5. The molecule has 1 aromatic carbocycles. The molecule has 6 nitrogen and oxygen atoms in total. The summed E-state index contributed by atoms with van der Waals surface area (Å²) in [5.74, 6) is -0.620. The zero-order valence-corrected chi connectivity index (χ0v) is 21.0. The first-order chi connectivity index (χ1) is 16.3. The topological polar surface area (TPSA) is 69.4 Å². The fraction of sp³-hybridized carbons (Fsp3) is 0.680. The lowest BCUT2D eigenvalue weighted by molar-refractivity contribution is -0.162. The lowest BCUT2D eigenvalue weighted by atomic mass is 9.82. The van der Waals surface area contributed by atoms with Gasteiger partial charge in [-0.05, 0) is 57.8 Å². The highest BCUT2D eigenvalue weighted by molar-refractivity contribution is 8.00. The van der Waals surface area contributed by atoms with Gasteiger partial charge in [-0.15, -0.1) is 0 Å². The minimum atomic E-state index is -1.61. The molecule has 34 heavy (non-hydrogen) atoms. The molecule has 2 heterocycles. The quantitative estimate of drug-likeness (QED) is 0.350. The van der Waals surface area contributed by atoms with Crippen LogP contribution in [-0.4, -0.2) is 49.9 Å². The Morgan fingerprint density at radius 2 is 1.97 bits per heavy atom. The number of benzene rings is 1.